The molecule has 1 saturated heterocycles. The average molecular weight is 600 g/mol. The molecule has 0 radical (unpaired) electrons. The third-order valence-electron chi connectivity index (χ3n) is 8.50. The molecule has 0 aliphatic carbocycles. The van der Waals surface area contributed by atoms with Crippen LogP contribution < -0.4 is 19.1 Å². The number of amides is 3. The molecule has 44 heavy (non-hydrogen) atoms. The Kier molecular flexibility index (Phi) is 8.70. The van der Waals surface area contributed by atoms with Crippen LogP contribution in [0.25, 0.3) is 0 Å². The van der Waals surface area contributed by atoms with Crippen LogP contribution in [-0.4, -0.2) is 87.7 Å². The van der Waals surface area contributed by atoms with E-state index in [2.05, 4.69) is 0 Å². The van der Waals surface area contributed by atoms with Crippen LogP contribution in [0.15, 0.2) is 60.7 Å². The van der Waals surface area contributed by atoms with Gasteiger partial charge in [-0.15, -0.1) is 0 Å². The average Bonchev–Trinajstić information content (AvgIpc) is 3.49. The summed E-state index contributed by atoms with van der Waals surface area (Å²) in [5, 5.41) is 0. The maximum absolute atomic E-state index is 14.2. The predicted octanol–water partition coefficient (Wildman–Crippen LogP) is 3.86. The lowest BCUT2D eigenvalue weighted by molar-refractivity contribution is -0.134. The van der Waals surface area contributed by atoms with Gasteiger partial charge in [-0.1, -0.05) is 12.1 Å². The van der Waals surface area contributed by atoms with Gasteiger partial charge in [0.2, 0.25) is 11.8 Å². The van der Waals surface area contributed by atoms with Gasteiger partial charge in [0, 0.05) is 37.3 Å². The van der Waals surface area contributed by atoms with Gasteiger partial charge >= 0.3 is 0 Å². The number of benzene rings is 3. The van der Waals surface area contributed by atoms with Gasteiger partial charge in [-0.05, 0) is 78.1 Å². The second-order valence-electron chi connectivity index (χ2n) is 11.1. The Labute approximate surface area is 257 Å². The van der Waals surface area contributed by atoms with Crippen molar-refractivity contribution in [1.82, 2.24) is 9.80 Å². The lowest BCUT2D eigenvalue weighted by Crippen LogP contribution is -2.47. The number of nitrogens with zero attached hydrogens (tertiary/aromatic N) is 3. The fourth-order valence-corrected chi connectivity index (χ4v) is 6.21. The Hall–Kier alpha value is -4.57. The Morgan fingerprint density at radius 2 is 1.57 bits per heavy atom. The summed E-state index contributed by atoms with van der Waals surface area (Å²) in [5.41, 5.74) is 4.17. The van der Waals surface area contributed by atoms with E-state index in [4.69, 9.17) is 18.9 Å². The fourth-order valence-electron chi connectivity index (χ4n) is 6.21. The highest BCUT2D eigenvalue weighted by Gasteiger charge is 2.35. The van der Waals surface area contributed by atoms with E-state index in [1.165, 1.54) is 0 Å². The number of methoxy groups -OCH3 is 2. The summed E-state index contributed by atoms with van der Waals surface area (Å²) in [4.78, 5) is 45.3. The van der Waals surface area contributed by atoms with Crippen LogP contribution in [0.1, 0.15) is 45.9 Å². The summed E-state index contributed by atoms with van der Waals surface area (Å²) in [6.07, 6.45) is 1.99. The normalized spacial score (nSPS) is 19.0. The maximum Gasteiger partial charge on any atom is 0.254 e. The molecule has 0 saturated carbocycles. The van der Waals surface area contributed by atoms with Gasteiger partial charge < -0.3 is 33.6 Å². The Morgan fingerprint density at radius 3 is 2.27 bits per heavy atom. The van der Waals surface area contributed by atoms with Crippen molar-refractivity contribution in [3.8, 4) is 17.2 Å². The van der Waals surface area contributed by atoms with Gasteiger partial charge in [0.1, 0.15) is 18.9 Å². The SMILES string of the molecule is COc1cc2c(cc1OC)C1c3ccc(cc3)OCCOCCN(C(=O)c3ccc(N4CCCC4=O)cc3)CC(=O)N1CC2. The second kappa shape index (κ2) is 13.0. The smallest absolute Gasteiger partial charge is 0.254 e. The largest absolute Gasteiger partial charge is 0.493 e. The van der Waals surface area contributed by atoms with Gasteiger partial charge in [0.05, 0.1) is 33.5 Å². The van der Waals surface area contributed by atoms with Gasteiger partial charge in [-0.2, -0.15) is 0 Å². The number of carbonyl (C=O) groups excluding carboxylic acids is 3. The minimum Gasteiger partial charge on any atom is -0.493 e. The molecule has 2 bridgehead atoms. The quantitative estimate of drug-likeness (QED) is 0.420. The lowest BCUT2D eigenvalue weighted by Gasteiger charge is -2.39. The van der Waals surface area contributed by atoms with Crippen LogP contribution >= 0.6 is 0 Å². The summed E-state index contributed by atoms with van der Waals surface area (Å²) in [7, 11) is 3.21. The van der Waals surface area contributed by atoms with E-state index >= 15 is 0 Å². The molecule has 10 nitrogen and oxygen atoms in total. The maximum atomic E-state index is 14.2. The number of fused-ring (bicyclic) bond motifs is 11. The highest BCUT2D eigenvalue weighted by atomic mass is 16.5. The molecule has 1 fully saturated rings. The van der Waals surface area contributed by atoms with Crippen molar-refractivity contribution in [2.24, 2.45) is 0 Å². The molecule has 0 spiro atoms. The lowest BCUT2D eigenvalue weighted by atomic mass is 9.87. The number of rotatable bonds is 4. The molecule has 1 atom stereocenters. The summed E-state index contributed by atoms with van der Waals surface area (Å²) in [6, 6.07) is 18.3. The Balaban J connectivity index is 1.32. The molecular formula is C34H37N3O7. The number of hydrogen-bond donors (Lipinski definition) is 0. The standard InChI is InChI=1S/C34H37N3O7/c1-41-29-20-25-13-15-37-32(39)22-35(34(40)24-5-9-26(10-6-24)36-14-3-4-31(36)38)16-17-43-18-19-44-27-11-7-23(8-12-27)33(37)28(25)21-30(29)42-2/h5-12,20-21,33H,3-4,13-19,22H2,1-2H3. The van der Waals surface area contributed by atoms with E-state index in [0.717, 1.165) is 28.8 Å². The van der Waals surface area contributed by atoms with Crippen LogP contribution in [0.2, 0.25) is 0 Å². The van der Waals surface area contributed by atoms with E-state index in [9.17, 15) is 14.4 Å². The van der Waals surface area contributed by atoms with Crippen molar-refractivity contribution in [3.63, 3.8) is 0 Å². The zero-order valence-electron chi connectivity index (χ0n) is 25.1. The monoisotopic (exact) mass is 599 g/mol. The Bertz CT molecular complexity index is 1520. The van der Waals surface area contributed by atoms with Crippen molar-refractivity contribution < 1.29 is 33.3 Å². The second-order valence-corrected chi connectivity index (χ2v) is 11.1. The van der Waals surface area contributed by atoms with E-state index in [0.29, 0.717) is 62.0 Å². The summed E-state index contributed by atoms with van der Waals surface area (Å²) < 4.78 is 22.9. The van der Waals surface area contributed by atoms with Gasteiger partial charge in [0.15, 0.2) is 11.5 Å². The molecule has 4 aliphatic heterocycles. The van der Waals surface area contributed by atoms with Crippen molar-refractivity contribution in [2.45, 2.75) is 25.3 Å². The first-order valence-corrected chi connectivity index (χ1v) is 15.0. The molecule has 0 N–H and O–H groups in total. The molecule has 3 aromatic carbocycles. The summed E-state index contributed by atoms with van der Waals surface area (Å²) in [5.74, 6) is 1.59. The third-order valence-corrected chi connectivity index (χ3v) is 8.50. The molecule has 4 heterocycles. The molecule has 7 rings (SSSR count). The first-order chi connectivity index (χ1) is 21.5. The van der Waals surface area contributed by atoms with Crippen LogP contribution in [0.3, 0.4) is 0 Å². The highest BCUT2D eigenvalue weighted by molar-refractivity contribution is 5.98. The van der Waals surface area contributed by atoms with Crippen LogP contribution in [0.5, 0.6) is 17.2 Å². The zero-order valence-corrected chi connectivity index (χ0v) is 25.1. The van der Waals surface area contributed by atoms with E-state index in [1.54, 1.807) is 48.3 Å². The molecule has 4 aliphatic rings. The number of carbonyl (C=O) groups is 3. The summed E-state index contributed by atoms with van der Waals surface area (Å²) in [6.45, 7) is 2.24. The van der Waals surface area contributed by atoms with Crippen LogP contribution in [0, 0.1) is 0 Å². The van der Waals surface area contributed by atoms with Gasteiger partial charge in [-0.3, -0.25) is 14.4 Å². The molecule has 230 valence electrons. The van der Waals surface area contributed by atoms with Gasteiger partial charge in [0.25, 0.3) is 5.91 Å². The van der Waals surface area contributed by atoms with Crippen molar-refractivity contribution in [1.29, 1.82) is 0 Å². The van der Waals surface area contributed by atoms with E-state index < -0.39 is 6.04 Å². The van der Waals surface area contributed by atoms with E-state index in [1.807, 2.05) is 41.3 Å². The van der Waals surface area contributed by atoms with E-state index in [-0.39, 0.29) is 37.4 Å². The zero-order chi connectivity index (χ0) is 30.6. The number of hydrogen-bond acceptors (Lipinski definition) is 7. The molecule has 1 unspecified atom stereocenters. The minimum absolute atomic E-state index is 0.0876. The van der Waals surface area contributed by atoms with Crippen molar-refractivity contribution in [3.05, 3.63) is 82.9 Å². The van der Waals surface area contributed by atoms with Crippen LogP contribution in [-0.2, 0) is 20.7 Å². The van der Waals surface area contributed by atoms with Crippen molar-refractivity contribution >= 4 is 23.4 Å². The fraction of sp³-hybridized carbons (Fsp3) is 0.382. The predicted molar refractivity (Wildman–Crippen MR) is 163 cm³/mol. The molecule has 3 amide bonds. The molecule has 3 aromatic rings. The van der Waals surface area contributed by atoms with Crippen LogP contribution in [0.4, 0.5) is 5.69 Å². The third kappa shape index (κ3) is 5.94. The number of anilines is 1. The molecular weight excluding hydrogens is 562 g/mol. The summed E-state index contributed by atoms with van der Waals surface area (Å²) >= 11 is 0. The molecule has 10 heteroatoms. The highest BCUT2D eigenvalue weighted by Crippen LogP contribution is 2.41. The topological polar surface area (TPSA) is 97.9 Å². The van der Waals surface area contributed by atoms with Gasteiger partial charge in [-0.25, -0.2) is 0 Å². The molecule has 0 aromatic heterocycles. The first-order valence-electron chi connectivity index (χ1n) is 15.0. The minimum atomic E-state index is -0.393. The first kappa shape index (κ1) is 29.5. The van der Waals surface area contributed by atoms with Crippen molar-refractivity contribution in [2.75, 3.05) is 65.1 Å². The number of ether oxygens (including phenoxy) is 4. The Morgan fingerprint density at radius 1 is 0.818 bits per heavy atom.